The van der Waals surface area contributed by atoms with Gasteiger partial charge in [-0.25, -0.2) is 8.78 Å². The molecule has 0 bridgehead atoms. The summed E-state index contributed by atoms with van der Waals surface area (Å²) < 4.78 is 26.0. The number of amides is 1. The zero-order chi connectivity index (χ0) is 12.3. The van der Waals surface area contributed by atoms with Gasteiger partial charge in [0.05, 0.1) is 6.54 Å². The number of hydrogen-bond donors (Lipinski definition) is 1. The molecule has 0 radical (unpaired) electrons. The quantitative estimate of drug-likeness (QED) is 0.843. The minimum atomic E-state index is -2.88. The van der Waals surface area contributed by atoms with Crippen LogP contribution in [0, 0.1) is 10.5 Å². The molecular weight excluding hydrogens is 327 g/mol. The highest BCUT2D eigenvalue weighted by atomic mass is 127. The third kappa shape index (κ3) is 4.03. The van der Waals surface area contributed by atoms with Crippen LogP contribution in [-0.2, 0) is 0 Å². The standard InChI is InChI=1S/C11H12F2INO/c1-7-3-4-8(14)5-9(7)10(16)15-6-11(2,12)13/h3-5H,6H2,1-2H3,(H,15,16). The van der Waals surface area contributed by atoms with Gasteiger partial charge in [-0.2, -0.15) is 0 Å². The number of halogens is 3. The molecule has 5 heteroatoms. The van der Waals surface area contributed by atoms with Gasteiger partial charge in [0, 0.05) is 16.1 Å². The Balaban J connectivity index is 2.77. The van der Waals surface area contributed by atoms with Crippen molar-refractivity contribution in [2.45, 2.75) is 19.8 Å². The highest BCUT2D eigenvalue weighted by Gasteiger charge is 2.22. The molecular formula is C11H12F2INO. The second kappa shape index (κ2) is 5.07. The van der Waals surface area contributed by atoms with E-state index in [9.17, 15) is 13.6 Å². The molecule has 1 amide bonds. The van der Waals surface area contributed by atoms with Crippen LogP contribution >= 0.6 is 22.6 Å². The van der Waals surface area contributed by atoms with E-state index in [4.69, 9.17) is 0 Å². The van der Waals surface area contributed by atoms with Gasteiger partial charge in [-0.3, -0.25) is 4.79 Å². The summed E-state index contributed by atoms with van der Waals surface area (Å²) in [4.78, 5) is 11.6. The van der Waals surface area contributed by atoms with Gasteiger partial charge in [0.2, 0.25) is 0 Å². The van der Waals surface area contributed by atoms with Gasteiger partial charge in [0.1, 0.15) is 0 Å². The zero-order valence-electron chi connectivity index (χ0n) is 8.98. The van der Waals surface area contributed by atoms with E-state index in [0.717, 1.165) is 16.1 Å². The first-order valence-corrected chi connectivity index (χ1v) is 5.79. The molecule has 0 aliphatic carbocycles. The average Bonchev–Trinajstić information content (AvgIpc) is 2.17. The molecule has 0 spiro atoms. The molecule has 0 fully saturated rings. The van der Waals surface area contributed by atoms with Crippen LogP contribution in [0.15, 0.2) is 18.2 Å². The summed E-state index contributed by atoms with van der Waals surface area (Å²) in [6, 6.07) is 5.33. The fourth-order valence-electron chi connectivity index (χ4n) is 1.17. The fraction of sp³-hybridized carbons (Fsp3) is 0.364. The Kier molecular flexibility index (Phi) is 4.23. The Bertz CT molecular complexity index is 401. The molecule has 88 valence electrons. The summed E-state index contributed by atoms with van der Waals surface area (Å²) in [6.45, 7) is 1.90. The lowest BCUT2D eigenvalue weighted by Gasteiger charge is -2.12. The lowest BCUT2D eigenvalue weighted by atomic mass is 10.1. The van der Waals surface area contributed by atoms with Crippen LogP contribution in [0.1, 0.15) is 22.8 Å². The van der Waals surface area contributed by atoms with Crippen molar-refractivity contribution in [1.82, 2.24) is 5.32 Å². The Labute approximate surface area is 107 Å². The monoisotopic (exact) mass is 339 g/mol. The van der Waals surface area contributed by atoms with Gasteiger partial charge >= 0.3 is 0 Å². The van der Waals surface area contributed by atoms with Crippen molar-refractivity contribution in [3.05, 3.63) is 32.9 Å². The third-order valence-electron chi connectivity index (χ3n) is 2.00. The lowest BCUT2D eigenvalue weighted by molar-refractivity contribution is 0.0221. The van der Waals surface area contributed by atoms with E-state index in [2.05, 4.69) is 27.9 Å². The van der Waals surface area contributed by atoms with Crippen LogP contribution in [0.25, 0.3) is 0 Å². The normalized spacial score (nSPS) is 11.3. The van der Waals surface area contributed by atoms with Crippen LogP contribution in [0.2, 0.25) is 0 Å². The molecule has 16 heavy (non-hydrogen) atoms. The number of hydrogen-bond acceptors (Lipinski definition) is 1. The number of nitrogens with one attached hydrogen (secondary N) is 1. The van der Waals surface area contributed by atoms with Crippen molar-refractivity contribution in [2.24, 2.45) is 0 Å². The Morgan fingerprint density at radius 3 is 2.69 bits per heavy atom. The largest absolute Gasteiger partial charge is 0.346 e. The molecule has 2 nitrogen and oxygen atoms in total. The first-order chi connectivity index (χ1) is 7.29. The molecule has 0 aliphatic heterocycles. The molecule has 0 saturated heterocycles. The van der Waals surface area contributed by atoms with Crippen LogP contribution in [0.5, 0.6) is 0 Å². The van der Waals surface area contributed by atoms with E-state index in [0.29, 0.717) is 5.56 Å². The average molecular weight is 339 g/mol. The minimum Gasteiger partial charge on any atom is -0.346 e. The number of carbonyl (C=O) groups excluding carboxylic acids is 1. The number of benzene rings is 1. The van der Waals surface area contributed by atoms with Gasteiger partial charge in [-0.15, -0.1) is 0 Å². The minimum absolute atomic E-state index is 0.441. The maximum atomic E-state index is 12.6. The number of alkyl halides is 2. The van der Waals surface area contributed by atoms with Gasteiger partial charge in [-0.1, -0.05) is 6.07 Å². The summed E-state index contributed by atoms with van der Waals surface area (Å²) in [5.41, 5.74) is 1.22. The van der Waals surface area contributed by atoms with E-state index in [-0.39, 0.29) is 0 Å². The van der Waals surface area contributed by atoms with Crippen LogP contribution < -0.4 is 5.32 Å². The summed E-state index contributed by atoms with van der Waals surface area (Å²) in [5, 5.41) is 2.21. The lowest BCUT2D eigenvalue weighted by Crippen LogP contribution is -2.34. The molecule has 0 aromatic heterocycles. The molecule has 0 atom stereocenters. The molecule has 1 rings (SSSR count). The molecule has 0 heterocycles. The Hall–Kier alpha value is -0.720. The number of aryl methyl sites for hydroxylation is 1. The highest BCUT2D eigenvalue weighted by molar-refractivity contribution is 14.1. The molecule has 0 saturated carbocycles. The molecule has 1 aromatic carbocycles. The zero-order valence-corrected chi connectivity index (χ0v) is 11.1. The summed E-state index contributed by atoms with van der Waals surface area (Å²) >= 11 is 2.07. The van der Waals surface area contributed by atoms with Crippen LogP contribution in [-0.4, -0.2) is 18.4 Å². The van der Waals surface area contributed by atoms with Crippen molar-refractivity contribution in [1.29, 1.82) is 0 Å². The van der Waals surface area contributed by atoms with Gasteiger partial charge in [-0.05, 0) is 47.2 Å². The summed E-state index contributed by atoms with van der Waals surface area (Å²) in [7, 11) is 0. The van der Waals surface area contributed by atoms with Crippen molar-refractivity contribution in [3.8, 4) is 0 Å². The molecule has 0 aliphatic rings. The van der Waals surface area contributed by atoms with Crippen molar-refractivity contribution in [3.63, 3.8) is 0 Å². The first-order valence-electron chi connectivity index (χ1n) is 4.72. The highest BCUT2D eigenvalue weighted by Crippen LogP contribution is 2.14. The number of carbonyl (C=O) groups is 1. The van der Waals surface area contributed by atoms with Crippen molar-refractivity contribution in [2.75, 3.05) is 6.54 Å². The molecule has 1 aromatic rings. The SMILES string of the molecule is Cc1ccc(I)cc1C(=O)NCC(C)(F)F. The van der Waals surface area contributed by atoms with E-state index < -0.39 is 18.4 Å². The van der Waals surface area contributed by atoms with E-state index >= 15 is 0 Å². The maximum absolute atomic E-state index is 12.6. The van der Waals surface area contributed by atoms with Gasteiger partial charge in [0.15, 0.2) is 0 Å². The van der Waals surface area contributed by atoms with Crippen molar-refractivity contribution >= 4 is 28.5 Å². The Morgan fingerprint density at radius 2 is 2.12 bits per heavy atom. The van der Waals surface area contributed by atoms with E-state index in [1.54, 1.807) is 19.1 Å². The third-order valence-corrected chi connectivity index (χ3v) is 2.67. The van der Waals surface area contributed by atoms with Gasteiger partial charge < -0.3 is 5.32 Å². The Morgan fingerprint density at radius 1 is 1.50 bits per heavy atom. The predicted octanol–water partition coefficient (Wildman–Crippen LogP) is 2.98. The second-order valence-corrected chi connectivity index (χ2v) is 4.96. The van der Waals surface area contributed by atoms with Gasteiger partial charge in [0.25, 0.3) is 11.8 Å². The number of rotatable bonds is 3. The van der Waals surface area contributed by atoms with Crippen molar-refractivity contribution < 1.29 is 13.6 Å². The first kappa shape index (κ1) is 13.3. The molecule has 1 N–H and O–H groups in total. The fourth-order valence-corrected chi connectivity index (χ4v) is 1.66. The second-order valence-electron chi connectivity index (χ2n) is 3.71. The topological polar surface area (TPSA) is 29.1 Å². The predicted molar refractivity (Wildman–Crippen MR) is 66.9 cm³/mol. The summed E-state index contributed by atoms with van der Waals surface area (Å²) in [5.74, 6) is -3.34. The summed E-state index contributed by atoms with van der Waals surface area (Å²) in [6.07, 6.45) is 0. The van der Waals surface area contributed by atoms with E-state index in [1.165, 1.54) is 0 Å². The van der Waals surface area contributed by atoms with Crippen LogP contribution in [0.4, 0.5) is 8.78 Å². The maximum Gasteiger partial charge on any atom is 0.262 e. The van der Waals surface area contributed by atoms with Crippen LogP contribution in [0.3, 0.4) is 0 Å². The smallest absolute Gasteiger partial charge is 0.262 e. The molecule has 0 unspecified atom stereocenters. The van der Waals surface area contributed by atoms with E-state index in [1.807, 2.05) is 6.07 Å².